The molecule has 2 unspecified atom stereocenters. The van der Waals surface area contributed by atoms with E-state index in [2.05, 4.69) is 40.7 Å². The average Bonchev–Trinajstić information content (AvgIpc) is 3.02. The Bertz CT molecular complexity index is 431. The second kappa shape index (κ2) is 7.52. The SMILES string of the molecule is CSC1CCC(NCc2ccc(N3CCOCC3)cc2)C1. The molecule has 4 heteroatoms. The highest BCUT2D eigenvalue weighted by molar-refractivity contribution is 7.99. The van der Waals surface area contributed by atoms with Crippen molar-refractivity contribution in [3.8, 4) is 0 Å². The minimum Gasteiger partial charge on any atom is -0.378 e. The maximum Gasteiger partial charge on any atom is 0.0642 e. The van der Waals surface area contributed by atoms with E-state index in [0.29, 0.717) is 6.04 Å². The third-order valence-electron chi connectivity index (χ3n) is 4.63. The number of nitrogens with one attached hydrogen (secondary N) is 1. The normalized spacial score (nSPS) is 26.2. The molecule has 0 aromatic heterocycles. The van der Waals surface area contributed by atoms with Gasteiger partial charge < -0.3 is 15.0 Å². The average molecular weight is 306 g/mol. The van der Waals surface area contributed by atoms with Crippen LogP contribution in [0.25, 0.3) is 0 Å². The van der Waals surface area contributed by atoms with E-state index in [1.807, 2.05) is 11.8 Å². The first-order chi connectivity index (χ1) is 10.3. The van der Waals surface area contributed by atoms with E-state index in [1.54, 1.807) is 0 Å². The molecular weight excluding hydrogens is 280 g/mol. The summed E-state index contributed by atoms with van der Waals surface area (Å²) >= 11 is 2.02. The monoisotopic (exact) mass is 306 g/mol. The summed E-state index contributed by atoms with van der Waals surface area (Å²) < 4.78 is 5.40. The van der Waals surface area contributed by atoms with Gasteiger partial charge in [-0.25, -0.2) is 0 Å². The molecule has 0 radical (unpaired) electrons. The van der Waals surface area contributed by atoms with E-state index in [-0.39, 0.29) is 0 Å². The maximum atomic E-state index is 5.40. The van der Waals surface area contributed by atoms with Crippen molar-refractivity contribution in [3.63, 3.8) is 0 Å². The number of thioether (sulfide) groups is 1. The predicted octanol–water partition coefficient (Wildman–Crippen LogP) is 2.90. The molecule has 1 saturated heterocycles. The zero-order chi connectivity index (χ0) is 14.5. The Morgan fingerprint density at radius 3 is 2.62 bits per heavy atom. The fourth-order valence-corrected chi connectivity index (χ4v) is 4.04. The Morgan fingerprint density at radius 1 is 1.19 bits per heavy atom. The lowest BCUT2D eigenvalue weighted by Crippen LogP contribution is -2.36. The van der Waals surface area contributed by atoms with E-state index in [4.69, 9.17) is 4.74 Å². The van der Waals surface area contributed by atoms with Crippen LogP contribution in [-0.2, 0) is 11.3 Å². The van der Waals surface area contributed by atoms with Crippen molar-refractivity contribution in [1.29, 1.82) is 0 Å². The standard InChI is InChI=1S/C17H26N2OS/c1-21-17-7-4-15(12-17)18-13-14-2-5-16(6-3-14)19-8-10-20-11-9-19/h2-3,5-6,15,17-18H,4,7-13H2,1H3. The molecule has 3 nitrogen and oxygen atoms in total. The van der Waals surface area contributed by atoms with Crippen LogP contribution in [-0.4, -0.2) is 43.9 Å². The molecule has 2 aliphatic rings. The molecular formula is C17H26N2OS. The molecule has 2 atom stereocenters. The van der Waals surface area contributed by atoms with E-state index < -0.39 is 0 Å². The third-order valence-corrected chi connectivity index (χ3v) is 5.72. The summed E-state index contributed by atoms with van der Waals surface area (Å²) in [5, 5.41) is 4.58. The molecule has 2 fully saturated rings. The van der Waals surface area contributed by atoms with Gasteiger partial charge in [0, 0.05) is 36.6 Å². The molecule has 1 heterocycles. The lowest BCUT2D eigenvalue weighted by atomic mass is 10.1. The van der Waals surface area contributed by atoms with Crippen molar-refractivity contribution in [2.45, 2.75) is 37.1 Å². The van der Waals surface area contributed by atoms with Gasteiger partial charge in [-0.2, -0.15) is 11.8 Å². The number of hydrogen-bond acceptors (Lipinski definition) is 4. The van der Waals surface area contributed by atoms with Crippen LogP contribution in [0.1, 0.15) is 24.8 Å². The Balaban J connectivity index is 1.48. The molecule has 1 aromatic carbocycles. The first kappa shape index (κ1) is 15.2. The lowest BCUT2D eigenvalue weighted by Gasteiger charge is -2.29. The van der Waals surface area contributed by atoms with Crippen LogP contribution in [0.3, 0.4) is 0 Å². The number of nitrogens with zero attached hydrogens (tertiary/aromatic N) is 1. The summed E-state index contributed by atoms with van der Waals surface area (Å²) in [5.41, 5.74) is 2.71. The predicted molar refractivity (Wildman–Crippen MR) is 91.3 cm³/mol. The molecule has 1 saturated carbocycles. The third kappa shape index (κ3) is 4.15. The summed E-state index contributed by atoms with van der Waals surface area (Å²) in [7, 11) is 0. The molecule has 0 bridgehead atoms. The van der Waals surface area contributed by atoms with Crippen molar-refractivity contribution in [1.82, 2.24) is 5.32 Å². The van der Waals surface area contributed by atoms with Crippen LogP contribution in [0.2, 0.25) is 0 Å². The summed E-state index contributed by atoms with van der Waals surface area (Å²) in [6, 6.07) is 9.74. The Morgan fingerprint density at radius 2 is 1.95 bits per heavy atom. The van der Waals surface area contributed by atoms with Crippen molar-refractivity contribution >= 4 is 17.4 Å². The van der Waals surface area contributed by atoms with Gasteiger partial charge in [-0.3, -0.25) is 0 Å². The van der Waals surface area contributed by atoms with Gasteiger partial charge in [0.2, 0.25) is 0 Å². The molecule has 1 aliphatic carbocycles. The van der Waals surface area contributed by atoms with Crippen molar-refractivity contribution in [3.05, 3.63) is 29.8 Å². The number of ether oxygens (including phenoxy) is 1. The number of benzene rings is 1. The van der Waals surface area contributed by atoms with E-state index >= 15 is 0 Å². The zero-order valence-corrected chi connectivity index (χ0v) is 13.7. The minimum atomic E-state index is 0.710. The van der Waals surface area contributed by atoms with Crippen molar-refractivity contribution < 1.29 is 4.74 Å². The van der Waals surface area contributed by atoms with Crippen LogP contribution in [0.4, 0.5) is 5.69 Å². The molecule has 21 heavy (non-hydrogen) atoms. The molecule has 116 valence electrons. The molecule has 0 spiro atoms. The highest BCUT2D eigenvalue weighted by Gasteiger charge is 2.23. The maximum absolute atomic E-state index is 5.40. The minimum absolute atomic E-state index is 0.710. The van der Waals surface area contributed by atoms with Gasteiger partial charge >= 0.3 is 0 Å². The van der Waals surface area contributed by atoms with E-state index in [1.165, 1.54) is 30.5 Å². The number of anilines is 1. The molecule has 1 aliphatic heterocycles. The Labute approximate surface area is 132 Å². The second-order valence-electron chi connectivity index (χ2n) is 6.01. The lowest BCUT2D eigenvalue weighted by molar-refractivity contribution is 0.122. The molecule has 1 aromatic rings. The van der Waals surface area contributed by atoms with Crippen LogP contribution in [0, 0.1) is 0 Å². The van der Waals surface area contributed by atoms with Gasteiger partial charge in [0.25, 0.3) is 0 Å². The summed E-state index contributed by atoms with van der Waals surface area (Å²) in [4.78, 5) is 2.40. The van der Waals surface area contributed by atoms with Crippen LogP contribution < -0.4 is 10.2 Å². The Kier molecular flexibility index (Phi) is 5.44. The zero-order valence-electron chi connectivity index (χ0n) is 12.9. The highest BCUT2D eigenvalue weighted by atomic mass is 32.2. The topological polar surface area (TPSA) is 24.5 Å². The molecule has 0 amide bonds. The van der Waals surface area contributed by atoms with Crippen molar-refractivity contribution in [2.24, 2.45) is 0 Å². The first-order valence-corrected chi connectivity index (χ1v) is 9.32. The fourth-order valence-electron chi connectivity index (χ4n) is 3.25. The smallest absolute Gasteiger partial charge is 0.0642 e. The fraction of sp³-hybridized carbons (Fsp3) is 0.647. The van der Waals surface area contributed by atoms with Gasteiger partial charge in [0.15, 0.2) is 0 Å². The quantitative estimate of drug-likeness (QED) is 0.904. The molecule has 1 N–H and O–H groups in total. The highest BCUT2D eigenvalue weighted by Crippen LogP contribution is 2.28. The van der Waals surface area contributed by atoms with Gasteiger partial charge in [-0.15, -0.1) is 0 Å². The van der Waals surface area contributed by atoms with Crippen molar-refractivity contribution in [2.75, 3.05) is 37.5 Å². The summed E-state index contributed by atoms with van der Waals surface area (Å²) in [6.07, 6.45) is 6.26. The van der Waals surface area contributed by atoms with Crippen LogP contribution in [0.15, 0.2) is 24.3 Å². The largest absolute Gasteiger partial charge is 0.378 e. The van der Waals surface area contributed by atoms with Gasteiger partial charge in [-0.05, 0) is 43.2 Å². The van der Waals surface area contributed by atoms with Crippen LogP contribution in [0.5, 0.6) is 0 Å². The van der Waals surface area contributed by atoms with E-state index in [9.17, 15) is 0 Å². The Hall–Kier alpha value is -0.710. The van der Waals surface area contributed by atoms with Gasteiger partial charge in [0.1, 0.15) is 0 Å². The summed E-state index contributed by atoms with van der Waals surface area (Å²) in [5.74, 6) is 0. The number of rotatable bonds is 5. The number of hydrogen-bond donors (Lipinski definition) is 1. The van der Waals surface area contributed by atoms with E-state index in [0.717, 1.165) is 38.1 Å². The number of morpholine rings is 1. The first-order valence-electron chi connectivity index (χ1n) is 8.03. The van der Waals surface area contributed by atoms with Gasteiger partial charge in [-0.1, -0.05) is 12.1 Å². The summed E-state index contributed by atoms with van der Waals surface area (Å²) in [6.45, 7) is 4.71. The molecule has 3 rings (SSSR count). The second-order valence-corrected chi connectivity index (χ2v) is 7.15. The van der Waals surface area contributed by atoms with Gasteiger partial charge in [0.05, 0.1) is 13.2 Å². The van der Waals surface area contributed by atoms with Crippen LogP contribution >= 0.6 is 11.8 Å².